The molecule has 4 unspecified atom stereocenters. The van der Waals surface area contributed by atoms with Gasteiger partial charge in [0.05, 0.1) is 11.6 Å². The van der Waals surface area contributed by atoms with Crippen molar-refractivity contribution in [2.24, 2.45) is 11.8 Å². The number of hydrogen-bond acceptors (Lipinski definition) is 5. The second-order valence-corrected chi connectivity index (χ2v) is 8.91. The highest BCUT2D eigenvalue weighted by atomic mass is 16.2. The lowest BCUT2D eigenvalue weighted by Crippen LogP contribution is -2.60. The number of nitrogens with zero attached hydrogens (tertiary/aromatic N) is 6. The summed E-state index contributed by atoms with van der Waals surface area (Å²) in [6.45, 7) is 3.23. The lowest BCUT2D eigenvalue weighted by atomic mass is 9.68. The molecule has 28 heavy (non-hydrogen) atoms. The molecule has 2 bridgehead atoms. The van der Waals surface area contributed by atoms with Crippen molar-refractivity contribution in [2.75, 3.05) is 19.6 Å². The fourth-order valence-electron chi connectivity index (χ4n) is 6.23. The van der Waals surface area contributed by atoms with Gasteiger partial charge in [-0.3, -0.25) is 9.69 Å². The van der Waals surface area contributed by atoms with E-state index in [1.165, 1.54) is 37.8 Å². The first-order valence-corrected chi connectivity index (χ1v) is 10.7. The molecule has 7 nitrogen and oxygen atoms in total. The number of pyridine rings is 1. The van der Waals surface area contributed by atoms with Gasteiger partial charge in [-0.05, 0) is 73.0 Å². The number of carbonyl (C=O) groups excluding carboxylic acids is 1. The van der Waals surface area contributed by atoms with Gasteiger partial charge < -0.3 is 4.90 Å². The first-order chi connectivity index (χ1) is 13.8. The van der Waals surface area contributed by atoms with Crippen molar-refractivity contribution in [2.45, 2.75) is 50.6 Å². The van der Waals surface area contributed by atoms with Gasteiger partial charge in [-0.1, -0.05) is 18.1 Å². The van der Waals surface area contributed by atoms with Crippen molar-refractivity contribution >= 4 is 11.6 Å². The smallest absolute Gasteiger partial charge is 0.255 e. The first kappa shape index (κ1) is 16.7. The van der Waals surface area contributed by atoms with Crippen LogP contribution in [0.25, 0.3) is 5.65 Å². The standard InChI is InChI=1S/C21H26N6O/c28-21(15-6-7-19-22-23-24-27(19)13-15)26-9-3-4-14-10-16-11-17(20(14)26)12-25-8-2-1-5-18(16)25/h6-7,10,13,16-18,20H,1-5,8-9,11-12H2. The highest BCUT2D eigenvalue weighted by Crippen LogP contribution is 2.45. The second-order valence-electron chi connectivity index (χ2n) is 8.91. The molecule has 6 rings (SSSR count). The number of rotatable bonds is 1. The molecule has 0 spiro atoms. The molecule has 0 saturated carbocycles. The fraction of sp³-hybridized carbons (Fsp3) is 0.619. The van der Waals surface area contributed by atoms with Crippen molar-refractivity contribution in [3.05, 3.63) is 35.5 Å². The van der Waals surface area contributed by atoms with Gasteiger partial charge in [0.1, 0.15) is 0 Å². The van der Waals surface area contributed by atoms with Gasteiger partial charge in [0, 0.05) is 25.3 Å². The van der Waals surface area contributed by atoms with Gasteiger partial charge in [0.15, 0.2) is 5.65 Å². The van der Waals surface area contributed by atoms with Crippen LogP contribution in [0.5, 0.6) is 0 Å². The van der Waals surface area contributed by atoms with E-state index in [2.05, 4.69) is 31.4 Å². The molecular weight excluding hydrogens is 352 g/mol. The third-order valence-electron chi connectivity index (χ3n) is 7.36. The van der Waals surface area contributed by atoms with E-state index in [1.807, 2.05) is 12.1 Å². The normalized spacial score (nSPS) is 32.6. The molecule has 0 N–H and O–H groups in total. The summed E-state index contributed by atoms with van der Waals surface area (Å²) >= 11 is 0. The van der Waals surface area contributed by atoms with E-state index < -0.39 is 0 Å². The Morgan fingerprint density at radius 2 is 2.11 bits per heavy atom. The van der Waals surface area contributed by atoms with E-state index in [1.54, 1.807) is 10.7 Å². The summed E-state index contributed by atoms with van der Waals surface area (Å²) in [7, 11) is 0. The van der Waals surface area contributed by atoms with Crippen LogP contribution in [0.1, 0.15) is 48.9 Å². The first-order valence-electron chi connectivity index (χ1n) is 10.7. The predicted molar refractivity (Wildman–Crippen MR) is 104 cm³/mol. The molecule has 0 aromatic carbocycles. The van der Waals surface area contributed by atoms with Crippen LogP contribution in [0.15, 0.2) is 30.0 Å². The molecule has 7 heteroatoms. The zero-order valence-corrected chi connectivity index (χ0v) is 16.1. The van der Waals surface area contributed by atoms with E-state index >= 15 is 0 Å². The lowest BCUT2D eigenvalue weighted by Gasteiger charge is -2.54. The van der Waals surface area contributed by atoms with Gasteiger partial charge >= 0.3 is 0 Å². The molecule has 2 aromatic heterocycles. The van der Waals surface area contributed by atoms with Crippen molar-refractivity contribution < 1.29 is 4.79 Å². The fourth-order valence-corrected chi connectivity index (χ4v) is 6.23. The quantitative estimate of drug-likeness (QED) is 0.712. The Bertz CT molecular complexity index is 951. The number of fused-ring (bicyclic) bond motifs is 7. The van der Waals surface area contributed by atoms with Crippen molar-refractivity contribution in [1.82, 2.24) is 29.8 Å². The number of piperidine rings is 3. The van der Waals surface area contributed by atoms with Gasteiger partial charge in [-0.25, -0.2) is 0 Å². The Hall–Kier alpha value is -2.28. The van der Waals surface area contributed by atoms with Crippen LogP contribution in [0, 0.1) is 11.8 Å². The molecule has 1 amide bonds. The highest BCUT2D eigenvalue weighted by Gasteiger charge is 2.47. The minimum absolute atomic E-state index is 0.118. The lowest BCUT2D eigenvalue weighted by molar-refractivity contribution is 0.00146. The summed E-state index contributed by atoms with van der Waals surface area (Å²) in [4.78, 5) is 18.3. The van der Waals surface area contributed by atoms with Gasteiger partial charge in [0.25, 0.3) is 5.91 Å². The van der Waals surface area contributed by atoms with Crippen molar-refractivity contribution in [3.63, 3.8) is 0 Å². The average Bonchev–Trinajstić information content (AvgIpc) is 3.21. The largest absolute Gasteiger partial charge is 0.332 e. The molecular formula is C21H26N6O. The molecule has 2 aromatic rings. The van der Waals surface area contributed by atoms with Crippen LogP contribution in [-0.2, 0) is 0 Å². The summed E-state index contributed by atoms with van der Waals surface area (Å²) in [5.41, 5.74) is 2.86. The zero-order chi connectivity index (χ0) is 18.7. The molecule has 3 fully saturated rings. The van der Waals surface area contributed by atoms with Crippen molar-refractivity contribution in [3.8, 4) is 0 Å². The Morgan fingerprint density at radius 3 is 3.07 bits per heavy atom. The zero-order valence-electron chi connectivity index (χ0n) is 16.1. The van der Waals surface area contributed by atoms with E-state index in [0.717, 1.165) is 32.0 Å². The van der Waals surface area contributed by atoms with E-state index in [9.17, 15) is 4.79 Å². The third-order valence-corrected chi connectivity index (χ3v) is 7.36. The summed E-state index contributed by atoms with van der Waals surface area (Å²) in [5, 5.41) is 11.6. The van der Waals surface area contributed by atoms with Crippen molar-refractivity contribution in [1.29, 1.82) is 0 Å². The van der Waals surface area contributed by atoms with E-state index in [-0.39, 0.29) is 11.9 Å². The number of carbonyl (C=O) groups is 1. The SMILES string of the molecule is O=C(c1ccc2nnnn2c1)N1CCCC2=CC3CC(CN4CCCCC34)C21. The third kappa shape index (κ3) is 2.52. The molecule has 1 aliphatic carbocycles. The van der Waals surface area contributed by atoms with Crippen LogP contribution in [-0.4, -0.2) is 67.5 Å². The van der Waals surface area contributed by atoms with Crippen LogP contribution < -0.4 is 0 Å². The van der Waals surface area contributed by atoms with Crippen LogP contribution in [0.3, 0.4) is 0 Å². The summed E-state index contributed by atoms with van der Waals surface area (Å²) in [6, 6.07) is 4.69. The van der Waals surface area contributed by atoms with Gasteiger partial charge in [-0.15, -0.1) is 5.10 Å². The van der Waals surface area contributed by atoms with Crippen LogP contribution in [0.2, 0.25) is 0 Å². The number of likely N-dealkylation sites (tertiary alicyclic amines) is 1. The number of amides is 1. The van der Waals surface area contributed by atoms with Crippen LogP contribution in [0.4, 0.5) is 0 Å². The average molecular weight is 378 g/mol. The Kier molecular flexibility index (Phi) is 3.79. The number of hydrogen-bond donors (Lipinski definition) is 0. The highest BCUT2D eigenvalue weighted by molar-refractivity contribution is 5.94. The maximum Gasteiger partial charge on any atom is 0.255 e. The number of aromatic nitrogens is 4. The topological polar surface area (TPSA) is 66.6 Å². The molecule has 3 saturated heterocycles. The molecule has 4 atom stereocenters. The molecule has 5 heterocycles. The summed E-state index contributed by atoms with van der Waals surface area (Å²) < 4.78 is 1.59. The Balaban J connectivity index is 1.33. The maximum absolute atomic E-state index is 13.5. The summed E-state index contributed by atoms with van der Waals surface area (Å²) in [5.74, 6) is 1.38. The minimum Gasteiger partial charge on any atom is -0.332 e. The maximum atomic E-state index is 13.5. The minimum atomic E-state index is 0.118. The Morgan fingerprint density at radius 1 is 1.14 bits per heavy atom. The molecule has 3 aliphatic heterocycles. The molecule has 4 aliphatic rings. The van der Waals surface area contributed by atoms with Gasteiger partial charge in [0.2, 0.25) is 0 Å². The van der Waals surface area contributed by atoms with Crippen LogP contribution >= 0.6 is 0 Å². The van der Waals surface area contributed by atoms with E-state index in [0.29, 0.717) is 23.0 Å². The molecule has 0 radical (unpaired) electrons. The molecule has 146 valence electrons. The predicted octanol–water partition coefficient (Wildman–Crippen LogP) is 2.16. The Labute approximate surface area is 164 Å². The number of tetrazole rings is 1. The van der Waals surface area contributed by atoms with Gasteiger partial charge in [-0.2, -0.15) is 4.52 Å². The summed E-state index contributed by atoms with van der Waals surface area (Å²) in [6.07, 6.45) is 11.8. The second kappa shape index (κ2) is 6.37. The monoisotopic (exact) mass is 378 g/mol. The van der Waals surface area contributed by atoms with E-state index in [4.69, 9.17) is 0 Å².